The highest BCUT2D eigenvalue weighted by atomic mass is 32.1. The monoisotopic (exact) mass is 446 g/mol. The van der Waals surface area contributed by atoms with E-state index in [9.17, 15) is 19.7 Å². The predicted octanol–water partition coefficient (Wildman–Crippen LogP) is 3.61. The zero-order valence-electron chi connectivity index (χ0n) is 16.6. The molecule has 9 heteroatoms. The van der Waals surface area contributed by atoms with Gasteiger partial charge in [-0.15, -0.1) is 0 Å². The molecule has 0 saturated heterocycles. The molecule has 0 aromatic heterocycles. The Balaban J connectivity index is 1.47. The van der Waals surface area contributed by atoms with E-state index in [1.807, 2.05) is 42.5 Å². The summed E-state index contributed by atoms with van der Waals surface area (Å²) >= 11 is 4.99. The molecular formula is C23H18N4O4S. The molecule has 0 radical (unpaired) electrons. The lowest BCUT2D eigenvalue weighted by atomic mass is 10.0. The molecule has 2 amide bonds. The number of non-ortho nitro benzene ring substituents is 1. The fourth-order valence-corrected chi connectivity index (χ4v) is 2.85. The summed E-state index contributed by atoms with van der Waals surface area (Å²) in [4.78, 5) is 34.3. The molecule has 0 aliphatic heterocycles. The van der Waals surface area contributed by atoms with Crippen LogP contribution >= 0.6 is 12.2 Å². The summed E-state index contributed by atoms with van der Waals surface area (Å²) in [7, 11) is 0. The Kier molecular flexibility index (Phi) is 7.39. The molecule has 0 spiro atoms. The highest BCUT2D eigenvalue weighted by molar-refractivity contribution is 7.80. The number of hydrazine groups is 1. The van der Waals surface area contributed by atoms with Gasteiger partial charge < -0.3 is 0 Å². The standard InChI is InChI=1S/C23H18N4O4S/c28-21(15-8-16-6-13-20(14-7-16)27(30)31)24-23(32)26-25-22(29)19-11-9-18(10-12-19)17-4-2-1-3-5-17/h1-15H,(H,25,29)(H2,24,26,28,32)/b15-8+. The van der Waals surface area contributed by atoms with Crippen molar-refractivity contribution < 1.29 is 14.5 Å². The van der Waals surface area contributed by atoms with Gasteiger partial charge in [-0.1, -0.05) is 42.5 Å². The zero-order valence-corrected chi connectivity index (χ0v) is 17.5. The van der Waals surface area contributed by atoms with Crippen molar-refractivity contribution in [1.82, 2.24) is 16.2 Å². The molecule has 0 heterocycles. The minimum Gasteiger partial charge on any atom is -0.298 e. The summed E-state index contributed by atoms with van der Waals surface area (Å²) < 4.78 is 0. The van der Waals surface area contributed by atoms with Gasteiger partial charge in [0, 0.05) is 23.8 Å². The van der Waals surface area contributed by atoms with Gasteiger partial charge in [0.2, 0.25) is 5.91 Å². The summed E-state index contributed by atoms with van der Waals surface area (Å²) in [5.41, 5.74) is 7.91. The van der Waals surface area contributed by atoms with Crippen molar-refractivity contribution >= 4 is 40.9 Å². The Hall–Kier alpha value is -4.37. The van der Waals surface area contributed by atoms with Crippen LogP contribution in [0.1, 0.15) is 15.9 Å². The zero-order chi connectivity index (χ0) is 22.9. The van der Waals surface area contributed by atoms with E-state index in [0.717, 1.165) is 11.1 Å². The van der Waals surface area contributed by atoms with E-state index in [4.69, 9.17) is 12.2 Å². The number of benzene rings is 3. The number of nitrogens with zero attached hydrogens (tertiary/aromatic N) is 1. The third-order valence-corrected chi connectivity index (χ3v) is 4.52. The van der Waals surface area contributed by atoms with Crippen LogP contribution in [0.15, 0.2) is 84.9 Å². The molecule has 0 fully saturated rings. The van der Waals surface area contributed by atoms with Crippen LogP contribution in [-0.4, -0.2) is 21.9 Å². The SMILES string of the molecule is O=C(/C=C/c1ccc([N+](=O)[O-])cc1)NC(=S)NNC(=O)c1ccc(-c2ccccc2)cc1. The fourth-order valence-electron chi connectivity index (χ4n) is 2.69. The molecule has 0 saturated carbocycles. The van der Waals surface area contributed by atoms with Crippen LogP contribution in [0, 0.1) is 10.1 Å². The lowest BCUT2D eigenvalue weighted by Crippen LogP contribution is -2.48. The second-order valence-corrected chi connectivity index (χ2v) is 6.93. The summed E-state index contributed by atoms with van der Waals surface area (Å²) in [5, 5.41) is 12.9. The van der Waals surface area contributed by atoms with Gasteiger partial charge >= 0.3 is 0 Å². The Morgan fingerprint density at radius 3 is 2.09 bits per heavy atom. The summed E-state index contributed by atoms with van der Waals surface area (Å²) in [6.07, 6.45) is 2.70. The van der Waals surface area contributed by atoms with Crippen LogP contribution in [0.3, 0.4) is 0 Å². The van der Waals surface area contributed by atoms with Crippen LogP contribution in [0.2, 0.25) is 0 Å². The molecule has 3 aromatic rings. The Bertz CT molecular complexity index is 1160. The fraction of sp³-hybridized carbons (Fsp3) is 0. The largest absolute Gasteiger partial charge is 0.298 e. The number of carbonyl (C=O) groups is 2. The molecule has 3 rings (SSSR count). The van der Waals surface area contributed by atoms with E-state index in [1.165, 1.54) is 36.4 Å². The number of nitro benzene ring substituents is 1. The van der Waals surface area contributed by atoms with Crippen molar-refractivity contribution in [1.29, 1.82) is 0 Å². The number of hydrogen-bond acceptors (Lipinski definition) is 5. The molecule has 8 nitrogen and oxygen atoms in total. The van der Waals surface area contributed by atoms with E-state index in [1.54, 1.807) is 12.1 Å². The number of hydrogen-bond donors (Lipinski definition) is 3. The molecule has 32 heavy (non-hydrogen) atoms. The number of nitro groups is 1. The quantitative estimate of drug-likeness (QED) is 0.239. The number of carbonyl (C=O) groups excluding carboxylic acids is 2. The second-order valence-electron chi connectivity index (χ2n) is 6.52. The Morgan fingerprint density at radius 2 is 1.47 bits per heavy atom. The van der Waals surface area contributed by atoms with E-state index in [2.05, 4.69) is 16.2 Å². The number of amides is 2. The normalized spacial score (nSPS) is 10.4. The van der Waals surface area contributed by atoms with Gasteiger partial charge in [-0.25, -0.2) is 0 Å². The van der Waals surface area contributed by atoms with Crippen molar-refractivity contribution in [2.75, 3.05) is 0 Å². The predicted molar refractivity (Wildman–Crippen MR) is 125 cm³/mol. The third kappa shape index (κ3) is 6.31. The topological polar surface area (TPSA) is 113 Å². The van der Waals surface area contributed by atoms with Crippen LogP contribution in [0.5, 0.6) is 0 Å². The molecule has 0 aliphatic carbocycles. The van der Waals surface area contributed by atoms with Crippen LogP contribution in [0.4, 0.5) is 5.69 Å². The maximum atomic E-state index is 12.3. The van der Waals surface area contributed by atoms with Gasteiger partial charge in [-0.3, -0.25) is 35.9 Å². The number of rotatable bonds is 5. The molecule has 3 aromatic carbocycles. The van der Waals surface area contributed by atoms with Crippen molar-refractivity contribution in [3.05, 3.63) is 106 Å². The molecule has 3 N–H and O–H groups in total. The smallest absolute Gasteiger partial charge is 0.269 e. The molecule has 0 bridgehead atoms. The van der Waals surface area contributed by atoms with Gasteiger partial charge in [-0.05, 0) is 59.2 Å². The van der Waals surface area contributed by atoms with Crippen molar-refractivity contribution in [2.24, 2.45) is 0 Å². The molecular weight excluding hydrogens is 428 g/mol. The first kappa shape index (κ1) is 22.3. The molecule has 160 valence electrons. The highest BCUT2D eigenvalue weighted by Gasteiger charge is 2.08. The van der Waals surface area contributed by atoms with Gasteiger partial charge in [0.25, 0.3) is 11.6 Å². The van der Waals surface area contributed by atoms with Gasteiger partial charge in [-0.2, -0.15) is 0 Å². The average Bonchev–Trinajstić information content (AvgIpc) is 2.82. The minimum atomic E-state index is -0.526. The maximum absolute atomic E-state index is 12.3. The second kappa shape index (κ2) is 10.6. The summed E-state index contributed by atoms with van der Waals surface area (Å²) in [5.74, 6) is -0.940. The van der Waals surface area contributed by atoms with Crippen LogP contribution < -0.4 is 16.2 Å². The number of thiocarbonyl (C=S) groups is 1. The molecule has 0 atom stereocenters. The first-order valence-electron chi connectivity index (χ1n) is 9.42. The first-order valence-corrected chi connectivity index (χ1v) is 9.82. The molecule has 0 aliphatic rings. The van der Waals surface area contributed by atoms with E-state index >= 15 is 0 Å². The Labute approximate surface area is 189 Å². The third-order valence-electron chi connectivity index (χ3n) is 4.31. The van der Waals surface area contributed by atoms with E-state index in [0.29, 0.717) is 11.1 Å². The number of nitrogens with one attached hydrogen (secondary N) is 3. The highest BCUT2D eigenvalue weighted by Crippen LogP contribution is 2.19. The van der Waals surface area contributed by atoms with Crippen LogP contribution in [-0.2, 0) is 4.79 Å². The summed E-state index contributed by atoms with van der Waals surface area (Å²) in [6, 6.07) is 22.5. The van der Waals surface area contributed by atoms with Gasteiger partial charge in [0.15, 0.2) is 5.11 Å². The van der Waals surface area contributed by atoms with Crippen LogP contribution in [0.25, 0.3) is 17.2 Å². The Morgan fingerprint density at radius 1 is 0.844 bits per heavy atom. The van der Waals surface area contributed by atoms with Crippen molar-refractivity contribution in [3.63, 3.8) is 0 Å². The minimum absolute atomic E-state index is 0.0394. The molecule has 0 unspecified atom stereocenters. The summed E-state index contributed by atoms with van der Waals surface area (Å²) in [6.45, 7) is 0. The van der Waals surface area contributed by atoms with Gasteiger partial charge in [0.1, 0.15) is 0 Å². The van der Waals surface area contributed by atoms with Crippen molar-refractivity contribution in [2.45, 2.75) is 0 Å². The average molecular weight is 446 g/mol. The lowest BCUT2D eigenvalue weighted by molar-refractivity contribution is -0.384. The van der Waals surface area contributed by atoms with Gasteiger partial charge in [0.05, 0.1) is 4.92 Å². The van der Waals surface area contributed by atoms with Crippen molar-refractivity contribution in [3.8, 4) is 11.1 Å². The maximum Gasteiger partial charge on any atom is 0.269 e. The van der Waals surface area contributed by atoms with E-state index < -0.39 is 16.7 Å². The first-order chi connectivity index (χ1) is 15.4. The lowest BCUT2D eigenvalue weighted by Gasteiger charge is -2.10. The van der Waals surface area contributed by atoms with E-state index in [-0.39, 0.29) is 10.8 Å².